The summed E-state index contributed by atoms with van der Waals surface area (Å²) in [5.74, 6) is 1.60. The van der Waals surface area contributed by atoms with Gasteiger partial charge in [0.25, 0.3) is 0 Å². The highest BCUT2D eigenvalue weighted by atomic mass is 16.1. The zero-order valence-corrected chi connectivity index (χ0v) is 7.88. The van der Waals surface area contributed by atoms with Crippen LogP contribution in [0.4, 0.5) is 0 Å². The minimum atomic E-state index is 0.375. The van der Waals surface area contributed by atoms with E-state index in [4.69, 9.17) is 0 Å². The Morgan fingerprint density at radius 3 is 2.83 bits per heavy atom. The van der Waals surface area contributed by atoms with E-state index in [2.05, 4.69) is 13.5 Å². The van der Waals surface area contributed by atoms with E-state index in [-0.39, 0.29) is 0 Å². The first-order chi connectivity index (χ1) is 5.74. The van der Waals surface area contributed by atoms with Crippen LogP contribution in [0.5, 0.6) is 0 Å². The molecule has 0 aromatic rings. The quantitative estimate of drug-likeness (QED) is 0.587. The van der Waals surface area contributed by atoms with Gasteiger partial charge in [0.15, 0.2) is 0 Å². The van der Waals surface area contributed by atoms with Crippen LogP contribution < -0.4 is 0 Å². The van der Waals surface area contributed by atoms with E-state index in [1.165, 1.54) is 6.42 Å². The summed E-state index contributed by atoms with van der Waals surface area (Å²) >= 11 is 0. The van der Waals surface area contributed by atoms with Gasteiger partial charge >= 0.3 is 0 Å². The standard InChI is InChI=1S/C11H18O/c1-3-4-5-11(12)10-7-6-9(2)8-10/h3,9-10H,1,4-8H2,2H3. The Labute approximate surface area is 74.9 Å². The molecule has 1 fully saturated rings. The van der Waals surface area contributed by atoms with Gasteiger partial charge in [-0.1, -0.05) is 13.0 Å². The minimum Gasteiger partial charge on any atom is -0.299 e. The number of carbonyl (C=O) groups is 1. The summed E-state index contributed by atoms with van der Waals surface area (Å²) in [5.41, 5.74) is 0. The lowest BCUT2D eigenvalue weighted by Crippen LogP contribution is -2.10. The van der Waals surface area contributed by atoms with Crippen LogP contribution in [0.15, 0.2) is 12.7 Å². The second-order valence-electron chi connectivity index (χ2n) is 3.91. The number of Topliss-reactive ketones (excluding diaryl/α,β-unsaturated/α-hetero) is 1. The summed E-state index contributed by atoms with van der Waals surface area (Å²) < 4.78 is 0. The van der Waals surface area contributed by atoms with Crippen LogP contribution in [0.25, 0.3) is 0 Å². The van der Waals surface area contributed by atoms with Crippen molar-refractivity contribution in [2.75, 3.05) is 0 Å². The number of hydrogen-bond donors (Lipinski definition) is 0. The molecule has 1 aliphatic rings. The molecule has 0 aromatic carbocycles. The van der Waals surface area contributed by atoms with E-state index in [0.29, 0.717) is 18.1 Å². The first-order valence-electron chi connectivity index (χ1n) is 4.87. The van der Waals surface area contributed by atoms with E-state index < -0.39 is 0 Å². The van der Waals surface area contributed by atoms with Gasteiger partial charge in [0.05, 0.1) is 0 Å². The Kier molecular flexibility index (Phi) is 3.51. The second kappa shape index (κ2) is 4.44. The molecule has 0 saturated heterocycles. The summed E-state index contributed by atoms with van der Waals surface area (Å²) in [6, 6.07) is 0. The van der Waals surface area contributed by atoms with Crippen LogP contribution in [-0.2, 0) is 4.79 Å². The van der Waals surface area contributed by atoms with Crippen molar-refractivity contribution in [3.63, 3.8) is 0 Å². The van der Waals surface area contributed by atoms with Crippen molar-refractivity contribution in [3.8, 4) is 0 Å². The molecule has 0 amide bonds. The summed E-state index contributed by atoms with van der Waals surface area (Å²) in [6.45, 7) is 5.86. The number of ketones is 1. The van der Waals surface area contributed by atoms with Crippen molar-refractivity contribution in [1.29, 1.82) is 0 Å². The zero-order chi connectivity index (χ0) is 8.97. The number of rotatable bonds is 4. The van der Waals surface area contributed by atoms with Crippen molar-refractivity contribution in [2.24, 2.45) is 11.8 Å². The molecule has 0 spiro atoms. The van der Waals surface area contributed by atoms with Crippen LogP contribution >= 0.6 is 0 Å². The van der Waals surface area contributed by atoms with Crippen molar-refractivity contribution >= 4 is 5.78 Å². The molecule has 0 radical (unpaired) electrons. The molecule has 2 atom stereocenters. The fraction of sp³-hybridized carbons (Fsp3) is 0.727. The van der Waals surface area contributed by atoms with Crippen LogP contribution in [0.3, 0.4) is 0 Å². The molecule has 1 nitrogen and oxygen atoms in total. The summed E-state index contributed by atoms with van der Waals surface area (Å²) in [6.07, 6.45) is 6.87. The van der Waals surface area contributed by atoms with E-state index >= 15 is 0 Å². The molecule has 1 saturated carbocycles. The Morgan fingerprint density at radius 2 is 2.33 bits per heavy atom. The third-order valence-corrected chi connectivity index (χ3v) is 2.75. The predicted octanol–water partition coefficient (Wildman–Crippen LogP) is 2.96. The van der Waals surface area contributed by atoms with Gasteiger partial charge in [-0.15, -0.1) is 6.58 Å². The molecule has 1 heteroatoms. The molecule has 1 aliphatic carbocycles. The third-order valence-electron chi connectivity index (χ3n) is 2.75. The van der Waals surface area contributed by atoms with Crippen LogP contribution in [-0.4, -0.2) is 5.78 Å². The molecule has 12 heavy (non-hydrogen) atoms. The van der Waals surface area contributed by atoms with Gasteiger partial charge < -0.3 is 0 Å². The smallest absolute Gasteiger partial charge is 0.136 e. The predicted molar refractivity (Wildman–Crippen MR) is 50.9 cm³/mol. The Hall–Kier alpha value is -0.590. The highest BCUT2D eigenvalue weighted by Crippen LogP contribution is 2.31. The Bertz CT molecular complexity index is 172. The van der Waals surface area contributed by atoms with Crippen molar-refractivity contribution < 1.29 is 4.79 Å². The molecular formula is C11H18O. The number of carbonyl (C=O) groups excluding carboxylic acids is 1. The topological polar surface area (TPSA) is 17.1 Å². The van der Waals surface area contributed by atoms with Gasteiger partial charge in [0.1, 0.15) is 5.78 Å². The summed E-state index contributed by atoms with van der Waals surface area (Å²) in [5, 5.41) is 0. The average molecular weight is 166 g/mol. The first kappa shape index (κ1) is 9.50. The summed E-state index contributed by atoms with van der Waals surface area (Å²) in [7, 11) is 0. The Balaban J connectivity index is 2.28. The van der Waals surface area contributed by atoms with Crippen LogP contribution in [0.1, 0.15) is 39.0 Å². The zero-order valence-electron chi connectivity index (χ0n) is 7.88. The SMILES string of the molecule is C=CCCC(=O)C1CCC(C)C1. The molecule has 0 aromatic heterocycles. The number of allylic oxidation sites excluding steroid dienone is 1. The fourth-order valence-corrected chi connectivity index (χ4v) is 1.95. The van der Waals surface area contributed by atoms with Crippen molar-refractivity contribution in [1.82, 2.24) is 0 Å². The molecule has 2 unspecified atom stereocenters. The van der Waals surface area contributed by atoms with E-state index in [1.807, 2.05) is 6.08 Å². The maximum absolute atomic E-state index is 11.5. The van der Waals surface area contributed by atoms with Gasteiger partial charge in [0.2, 0.25) is 0 Å². The molecule has 0 heterocycles. The van der Waals surface area contributed by atoms with E-state index in [0.717, 1.165) is 25.2 Å². The maximum atomic E-state index is 11.5. The van der Waals surface area contributed by atoms with Crippen LogP contribution in [0.2, 0.25) is 0 Å². The third kappa shape index (κ3) is 2.47. The van der Waals surface area contributed by atoms with Gasteiger partial charge in [-0.3, -0.25) is 4.79 Å². The normalized spacial score (nSPS) is 28.8. The molecular weight excluding hydrogens is 148 g/mol. The monoisotopic (exact) mass is 166 g/mol. The summed E-state index contributed by atoms with van der Waals surface area (Å²) in [4.78, 5) is 11.5. The van der Waals surface area contributed by atoms with E-state index in [9.17, 15) is 4.79 Å². The Morgan fingerprint density at radius 1 is 1.58 bits per heavy atom. The molecule has 0 bridgehead atoms. The number of hydrogen-bond acceptors (Lipinski definition) is 1. The molecule has 0 aliphatic heterocycles. The fourth-order valence-electron chi connectivity index (χ4n) is 1.95. The van der Waals surface area contributed by atoms with Crippen LogP contribution in [0, 0.1) is 11.8 Å². The van der Waals surface area contributed by atoms with Gasteiger partial charge in [-0.05, 0) is 31.6 Å². The molecule has 68 valence electrons. The second-order valence-corrected chi connectivity index (χ2v) is 3.91. The lowest BCUT2D eigenvalue weighted by atomic mass is 9.98. The van der Waals surface area contributed by atoms with Gasteiger partial charge in [-0.25, -0.2) is 0 Å². The van der Waals surface area contributed by atoms with Gasteiger partial charge in [0, 0.05) is 12.3 Å². The first-order valence-corrected chi connectivity index (χ1v) is 4.87. The lowest BCUT2D eigenvalue weighted by molar-refractivity contribution is -0.122. The molecule has 0 N–H and O–H groups in total. The average Bonchev–Trinajstić information content (AvgIpc) is 2.47. The minimum absolute atomic E-state index is 0.375. The highest BCUT2D eigenvalue weighted by Gasteiger charge is 2.26. The van der Waals surface area contributed by atoms with E-state index in [1.54, 1.807) is 0 Å². The van der Waals surface area contributed by atoms with Crippen molar-refractivity contribution in [2.45, 2.75) is 39.0 Å². The maximum Gasteiger partial charge on any atom is 0.136 e. The van der Waals surface area contributed by atoms with Gasteiger partial charge in [-0.2, -0.15) is 0 Å². The van der Waals surface area contributed by atoms with Crippen molar-refractivity contribution in [3.05, 3.63) is 12.7 Å². The highest BCUT2D eigenvalue weighted by molar-refractivity contribution is 5.81. The molecule has 1 rings (SSSR count). The lowest BCUT2D eigenvalue weighted by Gasteiger charge is -2.06. The largest absolute Gasteiger partial charge is 0.299 e.